The molecule has 0 aliphatic heterocycles. The van der Waals surface area contributed by atoms with Crippen LogP contribution in [0.3, 0.4) is 0 Å². The van der Waals surface area contributed by atoms with Crippen LogP contribution in [0, 0.1) is 6.92 Å². The third-order valence-corrected chi connectivity index (χ3v) is 3.55. The summed E-state index contributed by atoms with van der Waals surface area (Å²) in [7, 11) is 3.17. The van der Waals surface area contributed by atoms with Gasteiger partial charge < -0.3 is 15.0 Å². The fraction of sp³-hybridized carbons (Fsp3) is 0.400. The van der Waals surface area contributed by atoms with Gasteiger partial charge in [0.25, 0.3) is 5.91 Å². The molecular weight excluding hydrogens is 304 g/mol. The smallest absolute Gasteiger partial charge is 0.316 e. The first-order valence-electron chi connectivity index (χ1n) is 6.68. The van der Waals surface area contributed by atoms with Gasteiger partial charge in [-0.05, 0) is 19.1 Å². The Morgan fingerprint density at radius 1 is 1.14 bits per heavy atom. The minimum atomic E-state index is -0.511. The van der Waals surface area contributed by atoms with E-state index in [0.29, 0.717) is 0 Å². The number of nitrogens with zero attached hydrogens (tertiary/aromatic N) is 1. The first kappa shape index (κ1) is 18.0. The maximum atomic E-state index is 11.7. The maximum Gasteiger partial charge on any atom is 0.316 e. The Morgan fingerprint density at radius 3 is 2.36 bits per heavy atom. The molecule has 22 heavy (non-hydrogen) atoms. The Labute approximate surface area is 134 Å². The number of nitrogens with one attached hydrogen (secondary N) is 1. The molecule has 0 aromatic heterocycles. The summed E-state index contributed by atoms with van der Waals surface area (Å²) in [5.74, 6) is -0.808. The molecule has 0 heterocycles. The molecule has 0 aliphatic carbocycles. The third-order valence-electron chi connectivity index (χ3n) is 2.64. The number of likely N-dealkylation sites (N-methyl/N-ethyl adjacent to an activating group) is 1. The zero-order valence-corrected chi connectivity index (χ0v) is 13.7. The van der Waals surface area contributed by atoms with E-state index in [4.69, 9.17) is 4.74 Å². The van der Waals surface area contributed by atoms with E-state index in [1.54, 1.807) is 14.1 Å². The monoisotopic (exact) mass is 324 g/mol. The molecule has 0 bridgehead atoms. The van der Waals surface area contributed by atoms with Gasteiger partial charge in [-0.25, -0.2) is 0 Å². The van der Waals surface area contributed by atoms with Gasteiger partial charge in [-0.15, -0.1) is 11.8 Å². The summed E-state index contributed by atoms with van der Waals surface area (Å²) >= 11 is 1.14. The molecule has 0 saturated heterocycles. The molecule has 0 radical (unpaired) electrons. The highest BCUT2D eigenvalue weighted by molar-refractivity contribution is 8.00. The van der Waals surface area contributed by atoms with Crippen LogP contribution >= 0.6 is 11.8 Å². The van der Waals surface area contributed by atoms with Crippen molar-refractivity contribution in [2.75, 3.05) is 37.5 Å². The molecule has 2 amide bonds. The summed E-state index contributed by atoms with van der Waals surface area (Å²) in [6, 6.07) is 7.45. The number of amides is 2. The summed E-state index contributed by atoms with van der Waals surface area (Å²) < 4.78 is 4.80. The van der Waals surface area contributed by atoms with Crippen molar-refractivity contribution in [3.8, 4) is 0 Å². The van der Waals surface area contributed by atoms with Gasteiger partial charge in [0.1, 0.15) is 0 Å². The lowest BCUT2D eigenvalue weighted by Gasteiger charge is -2.10. The maximum absolute atomic E-state index is 11.7. The number of ether oxygens (including phenoxy) is 1. The topological polar surface area (TPSA) is 75.7 Å². The van der Waals surface area contributed by atoms with Crippen LogP contribution in [-0.2, 0) is 19.1 Å². The first-order valence-corrected chi connectivity index (χ1v) is 7.84. The Morgan fingerprint density at radius 2 is 1.77 bits per heavy atom. The van der Waals surface area contributed by atoms with Crippen molar-refractivity contribution in [2.45, 2.75) is 6.92 Å². The molecular formula is C15H20N2O4S. The van der Waals surface area contributed by atoms with Crippen molar-refractivity contribution >= 4 is 35.2 Å². The van der Waals surface area contributed by atoms with Gasteiger partial charge in [0.05, 0.1) is 11.5 Å². The second kappa shape index (κ2) is 9.09. The van der Waals surface area contributed by atoms with Gasteiger partial charge in [0.2, 0.25) is 5.91 Å². The van der Waals surface area contributed by atoms with Crippen molar-refractivity contribution in [1.82, 2.24) is 4.90 Å². The second-order valence-electron chi connectivity index (χ2n) is 4.86. The van der Waals surface area contributed by atoms with Crippen LogP contribution < -0.4 is 5.32 Å². The quantitative estimate of drug-likeness (QED) is 0.765. The van der Waals surface area contributed by atoms with Gasteiger partial charge in [0, 0.05) is 19.8 Å². The Hall–Kier alpha value is -2.02. The molecule has 1 aromatic carbocycles. The van der Waals surface area contributed by atoms with Crippen LogP contribution in [0.4, 0.5) is 5.69 Å². The van der Waals surface area contributed by atoms with E-state index in [0.717, 1.165) is 23.0 Å². The average Bonchev–Trinajstić information content (AvgIpc) is 2.47. The van der Waals surface area contributed by atoms with Crippen molar-refractivity contribution < 1.29 is 19.1 Å². The number of rotatable bonds is 7. The summed E-state index contributed by atoms with van der Waals surface area (Å²) in [5, 5.41) is 2.74. The molecule has 0 saturated carbocycles. The molecule has 0 atom stereocenters. The van der Waals surface area contributed by atoms with Crippen LogP contribution in [0.2, 0.25) is 0 Å². The normalized spacial score (nSPS) is 9.95. The summed E-state index contributed by atoms with van der Waals surface area (Å²) in [6.07, 6.45) is 0. The van der Waals surface area contributed by atoms with Gasteiger partial charge in [-0.3, -0.25) is 14.4 Å². The Balaban J connectivity index is 2.20. The number of benzene rings is 1. The van der Waals surface area contributed by atoms with Gasteiger partial charge >= 0.3 is 5.97 Å². The molecule has 1 N–H and O–H groups in total. The predicted octanol–water partition coefficient (Wildman–Crippen LogP) is 1.30. The van der Waals surface area contributed by atoms with Crippen LogP contribution in [0.1, 0.15) is 5.56 Å². The van der Waals surface area contributed by atoms with E-state index in [-0.39, 0.29) is 29.9 Å². The lowest BCUT2D eigenvalue weighted by Crippen LogP contribution is -2.28. The van der Waals surface area contributed by atoms with Gasteiger partial charge in [0.15, 0.2) is 6.61 Å². The molecule has 0 spiro atoms. The first-order chi connectivity index (χ1) is 10.4. The SMILES string of the molecule is Cc1ccc(NC(=O)CSCC(=O)OCC(=O)N(C)C)cc1. The zero-order valence-electron chi connectivity index (χ0n) is 12.9. The van der Waals surface area contributed by atoms with Crippen molar-refractivity contribution in [1.29, 1.82) is 0 Å². The highest BCUT2D eigenvalue weighted by Crippen LogP contribution is 2.09. The number of hydrogen-bond donors (Lipinski definition) is 1. The van der Waals surface area contributed by atoms with E-state index < -0.39 is 5.97 Å². The molecule has 0 fully saturated rings. The highest BCUT2D eigenvalue weighted by Gasteiger charge is 2.10. The summed E-state index contributed by atoms with van der Waals surface area (Å²) in [4.78, 5) is 35.7. The number of aryl methyl sites for hydroxylation is 1. The highest BCUT2D eigenvalue weighted by atomic mass is 32.2. The average molecular weight is 324 g/mol. The Bertz CT molecular complexity index is 529. The van der Waals surface area contributed by atoms with Crippen molar-refractivity contribution in [2.24, 2.45) is 0 Å². The third kappa shape index (κ3) is 7.12. The van der Waals surface area contributed by atoms with Crippen molar-refractivity contribution in [3.63, 3.8) is 0 Å². The van der Waals surface area contributed by atoms with E-state index >= 15 is 0 Å². The number of carbonyl (C=O) groups excluding carboxylic acids is 3. The lowest BCUT2D eigenvalue weighted by atomic mass is 10.2. The fourth-order valence-electron chi connectivity index (χ4n) is 1.37. The van der Waals surface area contributed by atoms with Crippen LogP contribution in [0.15, 0.2) is 24.3 Å². The van der Waals surface area contributed by atoms with E-state index in [2.05, 4.69) is 5.32 Å². The van der Waals surface area contributed by atoms with Crippen LogP contribution in [0.5, 0.6) is 0 Å². The molecule has 120 valence electrons. The van der Waals surface area contributed by atoms with Gasteiger partial charge in [-0.1, -0.05) is 17.7 Å². The number of thioether (sulfide) groups is 1. The van der Waals surface area contributed by atoms with E-state index in [9.17, 15) is 14.4 Å². The minimum Gasteiger partial charge on any atom is -0.455 e. The molecule has 0 aliphatic rings. The standard InChI is InChI=1S/C15H20N2O4S/c1-11-4-6-12(7-5-11)16-13(18)9-22-10-15(20)21-8-14(19)17(2)3/h4-7H,8-10H2,1-3H3,(H,16,18). The van der Waals surface area contributed by atoms with E-state index in [1.165, 1.54) is 4.90 Å². The zero-order chi connectivity index (χ0) is 16.5. The molecule has 0 unspecified atom stereocenters. The van der Waals surface area contributed by atoms with Crippen LogP contribution in [0.25, 0.3) is 0 Å². The predicted molar refractivity (Wildman–Crippen MR) is 86.8 cm³/mol. The number of anilines is 1. The van der Waals surface area contributed by atoms with Crippen LogP contribution in [-0.4, -0.2) is 54.9 Å². The summed E-state index contributed by atoms with van der Waals surface area (Å²) in [5.41, 5.74) is 1.83. The molecule has 7 heteroatoms. The van der Waals surface area contributed by atoms with Gasteiger partial charge in [-0.2, -0.15) is 0 Å². The molecule has 1 rings (SSSR count). The molecule has 6 nitrogen and oxygen atoms in total. The Kier molecular flexibility index (Phi) is 7.45. The fourth-order valence-corrected chi connectivity index (χ4v) is 1.98. The minimum absolute atomic E-state index is 0.0298. The lowest BCUT2D eigenvalue weighted by molar-refractivity contribution is -0.148. The summed E-state index contributed by atoms with van der Waals surface area (Å²) in [6.45, 7) is 1.69. The number of hydrogen-bond acceptors (Lipinski definition) is 5. The number of carbonyl (C=O) groups is 3. The van der Waals surface area contributed by atoms with Crippen molar-refractivity contribution in [3.05, 3.63) is 29.8 Å². The van der Waals surface area contributed by atoms with E-state index in [1.807, 2.05) is 31.2 Å². The molecule has 1 aromatic rings. The number of esters is 1. The largest absolute Gasteiger partial charge is 0.455 e. The second-order valence-corrected chi connectivity index (χ2v) is 5.84.